The SMILES string of the molecule is Cn1ncc(Br)c1C(N)c1ccc2cc(Br)ccc2c1. The zero-order valence-electron chi connectivity index (χ0n) is 10.8. The van der Waals surface area contributed by atoms with E-state index in [-0.39, 0.29) is 6.04 Å². The van der Waals surface area contributed by atoms with Crippen molar-refractivity contribution in [1.29, 1.82) is 0 Å². The van der Waals surface area contributed by atoms with E-state index in [2.05, 4.69) is 67.3 Å². The Morgan fingerprint density at radius 2 is 1.80 bits per heavy atom. The molecule has 1 heterocycles. The number of hydrogen-bond donors (Lipinski definition) is 1. The van der Waals surface area contributed by atoms with Gasteiger partial charge in [-0.05, 0) is 50.5 Å². The first kappa shape index (κ1) is 13.8. The van der Waals surface area contributed by atoms with Gasteiger partial charge in [0.15, 0.2) is 0 Å². The molecule has 1 atom stereocenters. The second-order valence-corrected chi connectivity index (χ2v) is 6.50. The fourth-order valence-corrected chi connectivity index (χ4v) is 3.33. The van der Waals surface area contributed by atoms with Crippen molar-refractivity contribution in [2.45, 2.75) is 6.04 Å². The Kier molecular flexibility index (Phi) is 3.67. The minimum Gasteiger partial charge on any atom is -0.319 e. The predicted octanol–water partition coefficient (Wildman–Crippen LogP) is 4.15. The Bertz CT molecular complexity index is 760. The smallest absolute Gasteiger partial charge is 0.0735 e. The lowest BCUT2D eigenvalue weighted by atomic mass is 10.0. The van der Waals surface area contributed by atoms with Crippen LogP contribution in [0.5, 0.6) is 0 Å². The number of fused-ring (bicyclic) bond motifs is 1. The van der Waals surface area contributed by atoms with Crippen molar-refractivity contribution in [2.75, 3.05) is 0 Å². The van der Waals surface area contributed by atoms with E-state index in [1.807, 2.05) is 13.1 Å². The minimum atomic E-state index is -0.204. The van der Waals surface area contributed by atoms with Gasteiger partial charge in [0, 0.05) is 11.5 Å². The van der Waals surface area contributed by atoms with Gasteiger partial charge in [0.25, 0.3) is 0 Å². The number of nitrogens with zero attached hydrogens (tertiary/aromatic N) is 2. The molecule has 0 amide bonds. The highest BCUT2D eigenvalue weighted by atomic mass is 79.9. The third kappa shape index (κ3) is 2.41. The summed E-state index contributed by atoms with van der Waals surface area (Å²) in [5.74, 6) is 0. The van der Waals surface area contributed by atoms with E-state index < -0.39 is 0 Å². The van der Waals surface area contributed by atoms with E-state index in [4.69, 9.17) is 5.73 Å². The maximum Gasteiger partial charge on any atom is 0.0735 e. The highest BCUT2D eigenvalue weighted by Crippen LogP contribution is 2.29. The molecule has 0 spiro atoms. The summed E-state index contributed by atoms with van der Waals surface area (Å²) >= 11 is 6.99. The molecule has 5 heteroatoms. The standard InChI is InChI=1S/C15H13Br2N3/c1-20-15(13(17)8-19-20)14(18)11-3-2-10-7-12(16)5-4-9(10)6-11/h2-8,14H,18H2,1H3. The molecule has 0 aliphatic heterocycles. The number of aryl methyl sites for hydroxylation is 1. The topological polar surface area (TPSA) is 43.8 Å². The molecular formula is C15H13Br2N3. The van der Waals surface area contributed by atoms with Crippen LogP contribution in [0.4, 0.5) is 0 Å². The Balaban J connectivity index is 2.08. The molecule has 1 aromatic heterocycles. The first-order chi connectivity index (χ1) is 9.56. The van der Waals surface area contributed by atoms with Crippen molar-refractivity contribution in [1.82, 2.24) is 9.78 Å². The monoisotopic (exact) mass is 393 g/mol. The van der Waals surface area contributed by atoms with E-state index in [1.54, 1.807) is 10.9 Å². The molecule has 3 rings (SSSR count). The van der Waals surface area contributed by atoms with E-state index in [0.29, 0.717) is 0 Å². The maximum atomic E-state index is 6.38. The van der Waals surface area contributed by atoms with Crippen molar-refractivity contribution >= 4 is 42.6 Å². The van der Waals surface area contributed by atoms with Crippen LogP contribution in [0.25, 0.3) is 10.8 Å². The van der Waals surface area contributed by atoms with Crippen LogP contribution in [0.2, 0.25) is 0 Å². The third-order valence-electron chi connectivity index (χ3n) is 3.42. The number of hydrogen-bond acceptors (Lipinski definition) is 2. The van der Waals surface area contributed by atoms with Crippen LogP contribution >= 0.6 is 31.9 Å². The van der Waals surface area contributed by atoms with E-state index >= 15 is 0 Å². The van der Waals surface area contributed by atoms with Crippen molar-refractivity contribution in [3.63, 3.8) is 0 Å². The summed E-state index contributed by atoms with van der Waals surface area (Å²) in [5, 5.41) is 6.59. The lowest BCUT2D eigenvalue weighted by molar-refractivity contribution is 0.672. The van der Waals surface area contributed by atoms with Gasteiger partial charge in [0.05, 0.1) is 22.4 Å². The first-order valence-electron chi connectivity index (χ1n) is 6.18. The molecule has 3 nitrogen and oxygen atoms in total. The normalized spacial score (nSPS) is 12.8. The summed E-state index contributed by atoms with van der Waals surface area (Å²) in [4.78, 5) is 0. The zero-order chi connectivity index (χ0) is 14.3. The summed E-state index contributed by atoms with van der Waals surface area (Å²) in [6.07, 6.45) is 1.77. The van der Waals surface area contributed by atoms with Crippen LogP contribution in [0, 0.1) is 0 Å². The Labute approximate surface area is 134 Å². The summed E-state index contributed by atoms with van der Waals surface area (Å²) < 4.78 is 3.82. The van der Waals surface area contributed by atoms with Gasteiger partial charge in [-0.1, -0.05) is 34.1 Å². The van der Waals surface area contributed by atoms with Crippen LogP contribution in [0.15, 0.2) is 51.5 Å². The summed E-state index contributed by atoms with van der Waals surface area (Å²) in [5.41, 5.74) is 8.43. The van der Waals surface area contributed by atoms with Gasteiger partial charge < -0.3 is 5.73 Å². The Hall–Kier alpha value is -1.17. The lowest BCUT2D eigenvalue weighted by Crippen LogP contribution is -2.16. The number of nitrogens with two attached hydrogens (primary N) is 1. The average molecular weight is 395 g/mol. The van der Waals surface area contributed by atoms with Gasteiger partial charge >= 0.3 is 0 Å². The maximum absolute atomic E-state index is 6.38. The van der Waals surface area contributed by atoms with Crippen LogP contribution < -0.4 is 5.73 Å². The molecule has 1 unspecified atom stereocenters. The quantitative estimate of drug-likeness (QED) is 0.709. The molecule has 2 aromatic carbocycles. The lowest BCUT2D eigenvalue weighted by Gasteiger charge is -2.14. The Morgan fingerprint density at radius 1 is 1.10 bits per heavy atom. The molecular weight excluding hydrogens is 382 g/mol. The average Bonchev–Trinajstić information content (AvgIpc) is 2.77. The van der Waals surface area contributed by atoms with Gasteiger partial charge in [0.2, 0.25) is 0 Å². The third-order valence-corrected chi connectivity index (χ3v) is 4.52. The van der Waals surface area contributed by atoms with E-state index in [9.17, 15) is 0 Å². The summed E-state index contributed by atoms with van der Waals surface area (Å²) in [6.45, 7) is 0. The second-order valence-electron chi connectivity index (χ2n) is 4.73. The predicted molar refractivity (Wildman–Crippen MR) is 88.6 cm³/mol. The highest BCUT2D eigenvalue weighted by molar-refractivity contribution is 9.10. The van der Waals surface area contributed by atoms with Gasteiger partial charge in [-0.15, -0.1) is 0 Å². The van der Waals surface area contributed by atoms with Crippen molar-refractivity contribution in [3.8, 4) is 0 Å². The zero-order valence-corrected chi connectivity index (χ0v) is 14.0. The number of aromatic nitrogens is 2. The fraction of sp³-hybridized carbons (Fsp3) is 0.133. The number of benzene rings is 2. The van der Waals surface area contributed by atoms with Crippen LogP contribution in [0.3, 0.4) is 0 Å². The van der Waals surface area contributed by atoms with Gasteiger partial charge in [-0.25, -0.2) is 0 Å². The van der Waals surface area contributed by atoms with Crippen molar-refractivity contribution < 1.29 is 0 Å². The molecule has 0 saturated heterocycles. The number of rotatable bonds is 2. The molecule has 0 fully saturated rings. The first-order valence-corrected chi connectivity index (χ1v) is 7.77. The molecule has 0 radical (unpaired) electrons. The van der Waals surface area contributed by atoms with Crippen LogP contribution in [0.1, 0.15) is 17.3 Å². The second kappa shape index (κ2) is 5.31. The molecule has 0 bridgehead atoms. The fourth-order valence-electron chi connectivity index (χ4n) is 2.36. The van der Waals surface area contributed by atoms with E-state index in [1.165, 1.54) is 10.8 Å². The molecule has 102 valence electrons. The number of halogens is 2. The van der Waals surface area contributed by atoms with Crippen LogP contribution in [-0.2, 0) is 7.05 Å². The molecule has 3 aromatic rings. The summed E-state index contributed by atoms with van der Waals surface area (Å²) in [6, 6.07) is 12.3. The Morgan fingerprint density at radius 3 is 2.50 bits per heavy atom. The van der Waals surface area contributed by atoms with Crippen molar-refractivity contribution in [3.05, 3.63) is 62.8 Å². The van der Waals surface area contributed by atoms with Crippen LogP contribution in [-0.4, -0.2) is 9.78 Å². The van der Waals surface area contributed by atoms with Gasteiger partial charge in [-0.2, -0.15) is 5.10 Å². The minimum absolute atomic E-state index is 0.204. The van der Waals surface area contributed by atoms with Gasteiger partial charge in [-0.3, -0.25) is 4.68 Å². The molecule has 0 aliphatic rings. The molecule has 2 N–H and O–H groups in total. The largest absolute Gasteiger partial charge is 0.319 e. The molecule has 0 aliphatic carbocycles. The molecule has 0 saturated carbocycles. The highest BCUT2D eigenvalue weighted by Gasteiger charge is 2.17. The molecule has 20 heavy (non-hydrogen) atoms. The van der Waals surface area contributed by atoms with E-state index in [0.717, 1.165) is 20.2 Å². The van der Waals surface area contributed by atoms with Crippen molar-refractivity contribution in [2.24, 2.45) is 12.8 Å². The van der Waals surface area contributed by atoms with Gasteiger partial charge in [0.1, 0.15) is 0 Å². The summed E-state index contributed by atoms with van der Waals surface area (Å²) in [7, 11) is 1.90.